The lowest BCUT2D eigenvalue weighted by Gasteiger charge is -2.26. The highest BCUT2D eigenvalue weighted by Gasteiger charge is 2.23. The van der Waals surface area contributed by atoms with E-state index in [4.69, 9.17) is 12.6 Å². The van der Waals surface area contributed by atoms with Crippen LogP contribution < -0.4 is 0 Å². The van der Waals surface area contributed by atoms with Crippen molar-refractivity contribution in [2.24, 2.45) is 5.41 Å². The first kappa shape index (κ1) is 11.4. The molecule has 0 amide bonds. The number of aryl methyl sites for hydroxylation is 1. The molecule has 2 heteroatoms. The molecule has 1 aromatic carbocycles. The maximum absolute atomic E-state index is 9.39. The van der Waals surface area contributed by atoms with E-state index in [0.29, 0.717) is 5.75 Å². The lowest BCUT2D eigenvalue weighted by molar-refractivity contribution is 0.402. The second kappa shape index (κ2) is 3.85. The van der Waals surface area contributed by atoms with Gasteiger partial charge in [-0.25, -0.2) is 0 Å². The minimum absolute atomic E-state index is 0.0821. The maximum Gasteiger partial charge on any atom is 0.118 e. The van der Waals surface area contributed by atoms with Crippen LogP contribution in [0.5, 0.6) is 5.75 Å². The average Bonchev–Trinajstić information content (AvgIpc) is 2.07. The van der Waals surface area contributed by atoms with E-state index in [2.05, 4.69) is 20.8 Å². The Morgan fingerprint density at radius 2 is 1.86 bits per heavy atom. The summed E-state index contributed by atoms with van der Waals surface area (Å²) in [7, 11) is 0. The minimum Gasteiger partial charge on any atom is -0.508 e. The Bertz CT molecular complexity index is 326. The second-order valence-electron chi connectivity index (χ2n) is 4.79. The molecular formula is C12H17OS. The van der Waals surface area contributed by atoms with Crippen molar-refractivity contribution in [2.45, 2.75) is 32.9 Å². The first-order chi connectivity index (χ1) is 6.32. The predicted molar refractivity (Wildman–Crippen MR) is 62.6 cm³/mol. The SMILES string of the molecule is Cc1cc(C([S])C(C)(C)C)ccc1O. The van der Waals surface area contributed by atoms with Crippen molar-refractivity contribution in [3.05, 3.63) is 29.3 Å². The first-order valence-corrected chi connectivity index (χ1v) is 5.25. The zero-order chi connectivity index (χ0) is 10.9. The Balaban J connectivity index is 3.03. The summed E-state index contributed by atoms with van der Waals surface area (Å²) in [5.74, 6) is 0.338. The van der Waals surface area contributed by atoms with Crippen molar-refractivity contribution in [2.75, 3.05) is 0 Å². The van der Waals surface area contributed by atoms with Gasteiger partial charge in [0.05, 0.1) is 0 Å². The van der Waals surface area contributed by atoms with Crippen molar-refractivity contribution in [3.63, 3.8) is 0 Å². The highest BCUT2D eigenvalue weighted by Crippen LogP contribution is 2.38. The molecule has 0 spiro atoms. The van der Waals surface area contributed by atoms with Gasteiger partial charge in [-0.05, 0) is 29.5 Å². The summed E-state index contributed by atoms with van der Waals surface area (Å²) >= 11 is 5.46. The molecule has 1 N–H and O–H groups in total. The highest BCUT2D eigenvalue weighted by atomic mass is 32.1. The lowest BCUT2D eigenvalue weighted by atomic mass is 9.87. The molecule has 1 atom stereocenters. The summed E-state index contributed by atoms with van der Waals surface area (Å²) in [6.07, 6.45) is 0. The van der Waals surface area contributed by atoms with Gasteiger partial charge in [-0.1, -0.05) is 45.5 Å². The summed E-state index contributed by atoms with van der Waals surface area (Å²) < 4.78 is 0. The third-order valence-corrected chi connectivity index (χ3v) is 3.29. The standard InChI is InChI=1S/C12H17OS/c1-8-7-9(5-6-10(8)13)11(14)12(2,3)4/h5-7,11,13H,1-4H3. The van der Waals surface area contributed by atoms with Crippen LogP contribution in [-0.4, -0.2) is 5.11 Å². The molecule has 1 aromatic rings. The first-order valence-electron chi connectivity index (χ1n) is 4.77. The van der Waals surface area contributed by atoms with E-state index in [9.17, 15) is 5.11 Å². The Kier molecular flexibility index (Phi) is 3.15. The highest BCUT2D eigenvalue weighted by molar-refractivity contribution is 7.80. The number of phenolic OH excluding ortho intramolecular Hbond substituents is 1. The van der Waals surface area contributed by atoms with Crippen LogP contribution in [0.25, 0.3) is 0 Å². The summed E-state index contributed by atoms with van der Waals surface area (Å²) in [6.45, 7) is 8.29. The van der Waals surface area contributed by atoms with Gasteiger partial charge in [-0.2, -0.15) is 0 Å². The predicted octanol–water partition coefficient (Wildman–Crippen LogP) is 3.99. The molecule has 1 nitrogen and oxygen atoms in total. The molecule has 0 aliphatic carbocycles. The Labute approximate surface area is 91.6 Å². The van der Waals surface area contributed by atoms with Crippen LogP contribution in [0.4, 0.5) is 0 Å². The number of benzene rings is 1. The average molecular weight is 209 g/mol. The van der Waals surface area contributed by atoms with E-state index in [-0.39, 0.29) is 10.7 Å². The van der Waals surface area contributed by atoms with Crippen molar-refractivity contribution in [1.29, 1.82) is 0 Å². The quantitative estimate of drug-likeness (QED) is 0.741. The molecule has 1 unspecified atom stereocenters. The third-order valence-electron chi connectivity index (χ3n) is 2.31. The minimum atomic E-state index is 0.0821. The molecule has 1 radical (unpaired) electrons. The number of aromatic hydroxyl groups is 1. The zero-order valence-electron chi connectivity index (χ0n) is 9.16. The lowest BCUT2D eigenvalue weighted by Crippen LogP contribution is -2.13. The molecule has 14 heavy (non-hydrogen) atoms. The largest absolute Gasteiger partial charge is 0.508 e. The molecule has 0 saturated heterocycles. The monoisotopic (exact) mass is 209 g/mol. The smallest absolute Gasteiger partial charge is 0.118 e. The van der Waals surface area contributed by atoms with Crippen molar-refractivity contribution in [3.8, 4) is 5.75 Å². The van der Waals surface area contributed by atoms with Gasteiger partial charge in [0.2, 0.25) is 0 Å². The molecular weight excluding hydrogens is 192 g/mol. The third kappa shape index (κ3) is 2.44. The van der Waals surface area contributed by atoms with E-state index >= 15 is 0 Å². The molecule has 0 aromatic heterocycles. The van der Waals surface area contributed by atoms with Crippen LogP contribution in [0, 0.1) is 12.3 Å². The topological polar surface area (TPSA) is 20.2 Å². The van der Waals surface area contributed by atoms with Crippen LogP contribution in [0.3, 0.4) is 0 Å². The number of phenols is 1. The molecule has 0 heterocycles. The van der Waals surface area contributed by atoms with E-state index < -0.39 is 0 Å². The van der Waals surface area contributed by atoms with Gasteiger partial charge < -0.3 is 5.11 Å². The molecule has 0 aliphatic rings. The summed E-state index contributed by atoms with van der Waals surface area (Å²) in [6, 6.07) is 5.60. The molecule has 0 bridgehead atoms. The zero-order valence-corrected chi connectivity index (χ0v) is 9.98. The van der Waals surface area contributed by atoms with E-state index in [1.807, 2.05) is 19.1 Å². The van der Waals surface area contributed by atoms with Crippen molar-refractivity contribution < 1.29 is 5.11 Å². The van der Waals surface area contributed by atoms with Gasteiger partial charge in [0, 0.05) is 5.25 Å². The Morgan fingerprint density at radius 1 is 1.29 bits per heavy atom. The molecule has 0 saturated carbocycles. The van der Waals surface area contributed by atoms with E-state index in [1.54, 1.807) is 6.07 Å². The van der Waals surface area contributed by atoms with Crippen molar-refractivity contribution in [1.82, 2.24) is 0 Å². The maximum atomic E-state index is 9.39. The number of hydrogen-bond acceptors (Lipinski definition) is 1. The van der Waals surface area contributed by atoms with Gasteiger partial charge in [0.15, 0.2) is 0 Å². The number of rotatable bonds is 1. The molecule has 0 aliphatic heterocycles. The fourth-order valence-electron chi connectivity index (χ4n) is 1.34. The van der Waals surface area contributed by atoms with Crippen LogP contribution in [-0.2, 0) is 0 Å². The Hall–Kier alpha value is -0.630. The Morgan fingerprint density at radius 3 is 2.29 bits per heavy atom. The number of hydrogen-bond donors (Lipinski definition) is 1. The van der Waals surface area contributed by atoms with Gasteiger partial charge in [-0.3, -0.25) is 0 Å². The molecule has 0 fully saturated rings. The summed E-state index contributed by atoms with van der Waals surface area (Å²) in [5.41, 5.74) is 2.09. The van der Waals surface area contributed by atoms with Gasteiger partial charge in [-0.15, -0.1) is 0 Å². The van der Waals surface area contributed by atoms with Crippen LogP contribution in [0.1, 0.15) is 37.1 Å². The van der Waals surface area contributed by atoms with E-state index in [0.717, 1.165) is 11.1 Å². The van der Waals surface area contributed by atoms with Crippen LogP contribution in [0.15, 0.2) is 18.2 Å². The second-order valence-corrected chi connectivity index (χ2v) is 5.26. The van der Waals surface area contributed by atoms with Gasteiger partial charge >= 0.3 is 0 Å². The van der Waals surface area contributed by atoms with Gasteiger partial charge in [0.1, 0.15) is 5.75 Å². The van der Waals surface area contributed by atoms with Gasteiger partial charge in [0.25, 0.3) is 0 Å². The van der Waals surface area contributed by atoms with Crippen LogP contribution >= 0.6 is 12.6 Å². The van der Waals surface area contributed by atoms with E-state index in [1.165, 1.54) is 0 Å². The van der Waals surface area contributed by atoms with Crippen LogP contribution in [0.2, 0.25) is 0 Å². The van der Waals surface area contributed by atoms with Crippen molar-refractivity contribution >= 4 is 12.6 Å². The molecule has 1 rings (SSSR count). The normalized spacial score (nSPS) is 14.1. The fourth-order valence-corrected chi connectivity index (χ4v) is 1.49. The summed E-state index contributed by atoms with van der Waals surface area (Å²) in [5, 5.41) is 9.48. The molecule has 77 valence electrons. The fraction of sp³-hybridized carbons (Fsp3) is 0.500. The summed E-state index contributed by atoms with van der Waals surface area (Å²) in [4.78, 5) is 0.